The summed E-state index contributed by atoms with van der Waals surface area (Å²) in [6.07, 6.45) is 1.11. The molecule has 0 saturated carbocycles. The summed E-state index contributed by atoms with van der Waals surface area (Å²) in [4.78, 5) is 2.29. The molecule has 4 nitrogen and oxygen atoms in total. The van der Waals surface area contributed by atoms with Crippen molar-refractivity contribution in [3.8, 4) is 11.5 Å². The fraction of sp³-hybridized carbons (Fsp3) is 0.571. The molecule has 2 aliphatic heterocycles. The minimum Gasteiger partial charge on any atom is -0.486 e. The highest BCUT2D eigenvalue weighted by molar-refractivity contribution is 5.45. The van der Waals surface area contributed by atoms with E-state index in [2.05, 4.69) is 24.1 Å². The lowest BCUT2D eigenvalue weighted by Crippen LogP contribution is -2.45. The Bertz CT molecular complexity index is 436. The van der Waals surface area contributed by atoms with Crippen LogP contribution in [0.3, 0.4) is 0 Å². The minimum absolute atomic E-state index is 0.200. The molecular weight excluding hydrogens is 228 g/mol. The number of likely N-dealkylation sites (N-methyl/N-ethyl adjacent to an activating group) is 1. The SMILES string of the molecule is CN1CCC(c2ccc3c(c2)OCCO3)C(N)C1. The monoisotopic (exact) mass is 248 g/mol. The molecule has 3 rings (SSSR count). The Labute approximate surface area is 108 Å². The van der Waals surface area contributed by atoms with Gasteiger partial charge < -0.3 is 20.1 Å². The van der Waals surface area contributed by atoms with E-state index < -0.39 is 0 Å². The molecule has 18 heavy (non-hydrogen) atoms. The third-order valence-electron chi connectivity index (χ3n) is 3.86. The maximum absolute atomic E-state index is 6.26. The normalized spacial score (nSPS) is 28.1. The van der Waals surface area contributed by atoms with Gasteiger partial charge in [-0.3, -0.25) is 0 Å². The molecule has 2 atom stereocenters. The zero-order valence-electron chi connectivity index (χ0n) is 10.8. The van der Waals surface area contributed by atoms with Crippen molar-refractivity contribution in [2.45, 2.75) is 18.4 Å². The van der Waals surface area contributed by atoms with Crippen molar-refractivity contribution >= 4 is 0 Å². The van der Waals surface area contributed by atoms with Crippen molar-refractivity contribution in [3.63, 3.8) is 0 Å². The first-order valence-corrected chi connectivity index (χ1v) is 6.58. The highest BCUT2D eigenvalue weighted by Crippen LogP contribution is 2.35. The quantitative estimate of drug-likeness (QED) is 0.811. The maximum Gasteiger partial charge on any atom is 0.161 e. The van der Waals surface area contributed by atoms with Crippen LogP contribution in [0.1, 0.15) is 17.9 Å². The van der Waals surface area contributed by atoms with Crippen LogP contribution < -0.4 is 15.2 Å². The predicted molar refractivity (Wildman–Crippen MR) is 70.3 cm³/mol. The minimum atomic E-state index is 0.200. The van der Waals surface area contributed by atoms with E-state index in [4.69, 9.17) is 15.2 Å². The number of likely N-dealkylation sites (tertiary alicyclic amines) is 1. The fourth-order valence-corrected chi connectivity index (χ4v) is 2.86. The molecule has 4 heteroatoms. The van der Waals surface area contributed by atoms with Crippen LogP contribution in [0.5, 0.6) is 11.5 Å². The molecule has 0 amide bonds. The summed E-state index contributed by atoms with van der Waals surface area (Å²) in [6.45, 7) is 3.34. The summed E-state index contributed by atoms with van der Waals surface area (Å²) in [5.74, 6) is 2.15. The third-order valence-corrected chi connectivity index (χ3v) is 3.86. The molecule has 0 bridgehead atoms. The smallest absolute Gasteiger partial charge is 0.161 e. The average molecular weight is 248 g/mol. The molecule has 0 aromatic heterocycles. The van der Waals surface area contributed by atoms with Crippen LogP contribution in [-0.2, 0) is 0 Å². The maximum atomic E-state index is 6.26. The molecule has 0 aliphatic carbocycles. The van der Waals surface area contributed by atoms with Gasteiger partial charge in [-0.25, -0.2) is 0 Å². The molecule has 98 valence electrons. The summed E-state index contributed by atoms with van der Waals surface area (Å²) in [7, 11) is 2.12. The van der Waals surface area contributed by atoms with Crippen LogP contribution in [0.4, 0.5) is 0 Å². The van der Waals surface area contributed by atoms with E-state index in [1.807, 2.05) is 6.07 Å². The summed E-state index contributed by atoms with van der Waals surface area (Å²) in [5.41, 5.74) is 7.54. The van der Waals surface area contributed by atoms with Gasteiger partial charge in [0.2, 0.25) is 0 Å². The van der Waals surface area contributed by atoms with Gasteiger partial charge >= 0.3 is 0 Å². The van der Waals surface area contributed by atoms with Gasteiger partial charge in [0.25, 0.3) is 0 Å². The van der Waals surface area contributed by atoms with E-state index in [-0.39, 0.29) is 6.04 Å². The number of hydrogen-bond acceptors (Lipinski definition) is 4. The van der Waals surface area contributed by atoms with Gasteiger partial charge in [-0.2, -0.15) is 0 Å². The number of benzene rings is 1. The van der Waals surface area contributed by atoms with Crippen LogP contribution in [0.2, 0.25) is 0 Å². The van der Waals surface area contributed by atoms with Gasteiger partial charge in [0.1, 0.15) is 13.2 Å². The predicted octanol–water partition coefficient (Wildman–Crippen LogP) is 1.20. The molecular formula is C14H20N2O2. The topological polar surface area (TPSA) is 47.7 Å². The Morgan fingerprint density at radius 1 is 1.22 bits per heavy atom. The number of hydrogen-bond donors (Lipinski definition) is 1. The van der Waals surface area contributed by atoms with Crippen molar-refractivity contribution in [3.05, 3.63) is 23.8 Å². The lowest BCUT2D eigenvalue weighted by molar-refractivity contribution is 0.171. The Kier molecular flexibility index (Phi) is 3.14. The molecule has 2 N–H and O–H groups in total. The second kappa shape index (κ2) is 4.78. The van der Waals surface area contributed by atoms with Crippen LogP contribution in [0, 0.1) is 0 Å². The largest absolute Gasteiger partial charge is 0.486 e. The molecule has 2 heterocycles. The van der Waals surface area contributed by atoms with E-state index in [0.717, 1.165) is 31.0 Å². The third kappa shape index (κ3) is 2.18. The van der Waals surface area contributed by atoms with Crippen molar-refractivity contribution in [2.75, 3.05) is 33.4 Å². The molecule has 1 aromatic rings. The van der Waals surface area contributed by atoms with Crippen LogP contribution in [-0.4, -0.2) is 44.3 Å². The summed E-state index contributed by atoms with van der Waals surface area (Å²) >= 11 is 0. The van der Waals surface area contributed by atoms with Crippen molar-refractivity contribution in [1.82, 2.24) is 4.90 Å². The number of ether oxygens (including phenoxy) is 2. The molecule has 0 radical (unpaired) electrons. The Morgan fingerprint density at radius 2 is 2.00 bits per heavy atom. The highest BCUT2D eigenvalue weighted by Gasteiger charge is 2.27. The van der Waals surface area contributed by atoms with E-state index in [1.54, 1.807) is 0 Å². The fourth-order valence-electron chi connectivity index (χ4n) is 2.86. The lowest BCUT2D eigenvalue weighted by Gasteiger charge is -2.35. The number of fused-ring (bicyclic) bond motifs is 1. The van der Waals surface area contributed by atoms with Crippen molar-refractivity contribution in [2.24, 2.45) is 5.73 Å². The summed E-state index contributed by atoms with van der Waals surface area (Å²) in [6, 6.07) is 6.44. The average Bonchev–Trinajstić information content (AvgIpc) is 2.38. The van der Waals surface area contributed by atoms with E-state index in [9.17, 15) is 0 Å². The van der Waals surface area contributed by atoms with Crippen molar-refractivity contribution in [1.29, 1.82) is 0 Å². The highest BCUT2D eigenvalue weighted by atomic mass is 16.6. The lowest BCUT2D eigenvalue weighted by atomic mass is 9.86. The molecule has 1 saturated heterocycles. The van der Waals surface area contributed by atoms with Crippen LogP contribution >= 0.6 is 0 Å². The molecule has 2 aliphatic rings. The molecule has 0 spiro atoms. The van der Waals surface area contributed by atoms with Gasteiger partial charge in [-0.1, -0.05) is 6.07 Å². The van der Waals surface area contributed by atoms with E-state index in [0.29, 0.717) is 19.1 Å². The Balaban J connectivity index is 1.83. The Hall–Kier alpha value is -1.26. The standard InChI is InChI=1S/C14H20N2O2/c1-16-5-4-11(12(15)9-16)10-2-3-13-14(8-10)18-7-6-17-13/h2-3,8,11-12H,4-7,9,15H2,1H3. The molecule has 2 unspecified atom stereocenters. The van der Waals surface area contributed by atoms with Gasteiger partial charge in [-0.05, 0) is 37.7 Å². The van der Waals surface area contributed by atoms with Crippen LogP contribution in [0.25, 0.3) is 0 Å². The number of nitrogens with two attached hydrogens (primary N) is 1. The second-order valence-corrected chi connectivity index (χ2v) is 5.22. The summed E-state index contributed by atoms with van der Waals surface area (Å²) in [5, 5.41) is 0. The molecule has 1 fully saturated rings. The van der Waals surface area contributed by atoms with Gasteiger partial charge in [-0.15, -0.1) is 0 Å². The van der Waals surface area contributed by atoms with E-state index in [1.165, 1.54) is 5.56 Å². The first kappa shape index (κ1) is 11.8. The number of rotatable bonds is 1. The molecule has 1 aromatic carbocycles. The second-order valence-electron chi connectivity index (χ2n) is 5.22. The van der Waals surface area contributed by atoms with Gasteiger partial charge in [0.15, 0.2) is 11.5 Å². The van der Waals surface area contributed by atoms with Crippen molar-refractivity contribution < 1.29 is 9.47 Å². The van der Waals surface area contributed by atoms with Gasteiger partial charge in [0.05, 0.1) is 0 Å². The number of nitrogens with zero attached hydrogens (tertiary/aromatic N) is 1. The summed E-state index contributed by atoms with van der Waals surface area (Å²) < 4.78 is 11.2. The van der Waals surface area contributed by atoms with E-state index >= 15 is 0 Å². The van der Waals surface area contributed by atoms with Gasteiger partial charge in [0, 0.05) is 18.5 Å². The zero-order chi connectivity index (χ0) is 12.5. The first-order chi connectivity index (χ1) is 8.74. The van der Waals surface area contributed by atoms with Crippen LogP contribution in [0.15, 0.2) is 18.2 Å². The number of piperidine rings is 1. The zero-order valence-corrected chi connectivity index (χ0v) is 10.8. The first-order valence-electron chi connectivity index (χ1n) is 6.58. The Morgan fingerprint density at radius 3 is 2.78 bits per heavy atom.